The molecule has 3 nitrogen and oxygen atoms in total. The molecule has 1 aliphatic rings. The van der Waals surface area contributed by atoms with Crippen molar-refractivity contribution in [1.29, 1.82) is 0 Å². The summed E-state index contributed by atoms with van der Waals surface area (Å²) in [6.07, 6.45) is 1.89. The van der Waals surface area contributed by atoms with Gasteiger partial charge >= 0.3 is 0 Å². The SMILES string of the molecule is Cc1cc(C(C)NC(=O)C2CCNC(C)C2)c(C)s1. The van der Waals surface area contributed by atoms with Gasteiger partial charge in [0.1, 0.15) is 0 Å². The molecule has 3 unspecified atom stereocenters. The molecule has 0 radical (unpaired) electrons. The molecule has 4 heteroatoms. The highest BCUT2D eigenvalue weighted by Gasteiger charge is 2.26. The summed E-state index contributed by atoms with van der Waals surface area (Å²) < 4.78 is 0. The Labute approximate surface area is 119 Å². The molecule has 1 amide bonds. The van der Waals surface area contributed by atoms with Crippen LogP contribution in [-0.4, -0.2) is 18.5 Å². The molecular formula is C15H24N2OS. The van der Waals surface area contributed by atoms with Crippen molar-refractivity contribution in [2.45, 2.75) is 52.6 Å². The van der Waals surface area contributed by atoms with Gasteiger partial charge < -0.3 is 10.6 Å². The maximum Gasteiger partial charge on any atom is 0.223 e. The van der Waals surface area contributed by atoms with E-state index in [1.54, 1.807) is 11.3 Å². The van der Waals surface area contributed by atoms with Crippen molar-refractivity contribution in [2.75, 3.05) is 6.54 Å². The van der Waals surface area contributed by atoms with Gasteiger partial charge in [-0.05, 0) is 58.7 Å². The van der Waals surface area contributed by atoms with Crippen LogP contribution in [0.3, 0.4) is 0 Å². The lowest BCUT2D eigenvalue weighted by Crippen LogP contribution is -2.43. The zero-order valence-corrected chi connectivity index (χ0v) is 13.1. The molecule has 0 aromatic carbocycles. The number of aryl methyl sites for hydroxylation is 2. The van der Waals surface area contributed by atoms with Crippen LogP contribution in [0.2, 0.25) is 0 Å². The molecule has 1 aromatic rings. The molecule has 0 bridgehead atoms. The zero-order valence-electron chi connectivity index (χ0n) is 12.2. The molecule has 0 aliphatic carbocycles. The third-order valence-electron chi connectivity index (χ3n) is 3.90. The predicted octanol–water partition coefficient (Wildman–Crippen LogP) is 2.93. The highest BCUT2D eigenvalue weighted by molar-refractivity contribution is 7.12. The first-order valence-corrected chi connectivity index (χ1v) is 7.89. The van der Waals surface area contributed by atoms with Crippen LogP contribution in [0.4, 0.5) is 0 Å². The van der Waals surface area contributed by atoms with Crippen molar-refractivity contribution in [3.05, 3.63) is 21.4 Å². The van der Waals surface area contributed by atoms with E-state index in [-0.39, 0.29) is 17.9 Å². The lowest BCUT2D eigenvalue weighted by Gasteiger charge is -2.28. The van der Waals surface area contributed by atoms with Crippen LogP contribution in [-0.2, 0) is 4.79 Å². The fourth-order valence-electron chi connectivity index (χ4n) is 2.86. The van der Waals surface area contributed by atoms with Crippen molar-refractivity contribution in [3.8, 4) is 0 Å². The predicted molar refractivity (Wildman–Crippen MR) is 80.5 cm³/mol. The summed E-state index contributed by atoms with van der Waals surface area (Å²) >= 11 is 1.80. The van der Waals surface area contributed by atoms with Gasteiger partial charge in [0.25, 0.3) is 0 Å². The van der Waals surface area contributed by atoms with Crippen LogP contribution in [0.15, 0.2) is 6.07 Å². The van der Waals surface area contributed by atoms with E-state index in [1.807, 2.05) is 0 Å². The van der Waals surface area contributed by atoms with E-state index >= 15 is 0 Å². The van der Waals surface area contributed by atoms with Gasteiger partial charge in [-0.25, -0.2) is 0 Å². The van der Waals surface area contributed by atoms with Crippen molar-refractivity contribution in [2.24, 2.45) is 5.92 Å². The Kier molecular flexibility index (Phi) is 4.63. The van der Waals surface area contributed by atoms with E-state index in [0.29, 0.717) is 6.04 Å². The second kappa shape index (κ2) is 6.06. The average Bonchev–Trinajstić information content (AvgIpc) is 2.68. The van der Waals surface area contributed by atoms with Crippen LogP contribution in [0.5, 0.6) is 0 Å². The number of amides is 1. The zero-order chi connectivity index (χ0) is 14.0. The standard InChI is InChI=1S/C15H24N2OS/c1-9-7-13(5-6-16-9)15(18)17-11(3)14-8-10(2)19-12(14)4/h8-9,11,13,16H,5-7H2,1-4H3,(H,17,18). The molecule has 2 heterocycles. The van der Waals surface area contributed by atoms with Crippen molar-refractivity contribution in [3.63, 3.8) is 0 Å². The van der Waals surface area contributed by atoms with Crippen molar-refractivity contribution in [1.82, 2.24) is 10.6 Å². The lowest BCUT2D eigenvalue weighted by molar-refractivity contribution is -0.126. The van der Waals surface area contributed by atoms with E-state index < -0.39 is 0 Å². The molecule has 1 saturated heterocycles. The third kappa shape index (κ3) is 3.57. The van der Waals surface area contributed by atoms with Gasteiger partial charge in [-0.1, -0.05) is 0 Å². The monoisotopic (exact) mass is 280 g/mol. The van der Waals surface area contributed by atoms with Gasteiger partial charge in [0, 0.05) is 21.7 Å². The summed E-state index contributed by atoms with van der Waals surface area (Å²) in [6, 6.07) is 2.75. The van der Waals surface area contributed by atoms with Crippen LogP contribution in [0.25, 0.3) is 0 Å². The van der Waals surface area contributed by atoms with E-state index in [4.69, 9.17) is 0 Å². The number of hydrogen-bond acceptors (Lipinski definition) is 3. The van der Waals surface area contributed by atoms with Crippen LogP contribution in [0, 0.1) is 19.8 Å². The highest BCUT2D eigenvalue weighted by atomic mass is 32.1. The van der Waals surface area contributed by atoms with Gasteiger partial charge in [-0.3, -0.25) is 4.79 Å². The topological polar surface area (TPSA) is 41.1 Å². The average molecular weight is 280 g/mol. The van der Waals surface area contributed by atoms with E-state index in [9.17, 15) is 4.79 Å². The second-order valence-corrected chi connectivity index (χ2v) is 7.14. The Morgan fingerprint density at radius 2 is 2.26 bits per heavy atom. The number of thiophene rings is 1. The Bertz CT molecular complexity index is 455. The number of piperidine rings is 1. The van der Waals surface area contributed by atoms with E-state index in [2.05, 4.69) is 44.4 Å². The van der Waals surface area contributed by atoms with Crippen LogP contribution in [0.1, 0.15) is 48.0 Å². The number of carbonyl (C=O) groups is 1. The third-order valence-corrected chi connectivity index (χ3v) is 4.88. The number of hydrogen-bond donors (Lipinski definition) is 2. The summed E-state index contributed by atoms with van der Waals surface area (Å²) in [5.74, 6) is 0.378. The fourth-order valence-corrected chi connectivity index (χ4v) is 3.88. The van der Waals surface area contributed by atoms with Gasteiger partial charge in [0.2, 0.25) is 5.91 Å². The Balaban J connectivity index is 1.96. The molecule has 106 valence electrons. The number of rotatable bonds is 3. The van der Waals surface area contributed by atoms with Gasteiger partial charge in [-0.2, -0.15) is 0 Å². The molecule has 0 spiro atoms. The smallest absolute Gasteiger partial charge is 0.223 e. The summed E-state index contributed by atoms with van der Waals surface area (Å²) in [7, 11) is 0. The first-order valence-electron chi connectivity index (χ1n) is 7.08. The number of carbonyl (C=O) groups excluding carboxylic acids is 1. The maximum absolute atomic E-state index is 12.3. The molecule has 19 heavy (non-hydrogen) atoms. The minimum absolute atomic E-state index is 0.114. The van der Waals surface area contributed by atoms with Crippen molar-refractivity contribution >= 4 is 17.2 Å². The molecule has 0 saturated carbocycles. The van der Waals surface area contributed by atoms with Gasteiger partial charge in [0.05, 0.1) is 6.04 Å². The minimum atomic E-state index is 0.114. The quantitative estimate of drug-likeness (QED) is 0.894. The summed E-state index contributed by atoms with van der Waals surface area (Å²) in [5, 5.41) is 6.57. The second-order valence-electron chi connectivity index (χ2n) is 5.68. The van der Waals surface area contributed by atoms with Crippen LogP contribution >= 0.6 is 11.3 Å². The summed E-state index contributed by atoms with van der Waals surface area (Å²) in [4.78, 5) is 14.9. The Hall–Kier alpha value is -0.870. The molecule has 3 atom stereocenters. The Morgan fingerprint density at radius 3 is 2.84 bits per heavy atom. The molecule has 1 aromatic heterocycles. The first-order chi connectivity index (χ1) is 8.97. The van der Waals surface area contributed by atoms with E-state index in [1.165, 1.54) is 15.3 Å². The molecule has 1 fully saturated rings. The fraction of sp³-hybridized carbons (Fsp3) is 0.667. The first kappa shape index (κ1) is 14.5. The Morgan fingerprint density at radius 1 is 1.53 bits per heavy atom. The normalized spacial score (nSPS) is 25.1. The van der Waals surface area contributed by atoms with Crippen LogP contribution < -0.4 is 10.6 Å². The molecule has 2 N–H and O–H groups in total. The summed E-state index contributed by atoms with van der Waals surface area (Å²) in [5.41, 5.74) is 1.26. The van der Waals surface area contributed by atoms with Gasteiger partial charge in [0.15, 0.2) is 0 Å². The molecule has 1 aliphatic heterocycles. The highest BCUT2D eigenvalue weighted by Crippen LogP contribution is 2.27. The maximum atomic E-state index is 12.3. The largest absolute Gasteiger partial charge is 0.349 e. The van der Waals surface area contributed by atoms with E-state index in [0.717, 1.165) is 19.4 Å². The lowest BCUT2D eigenvalue weighted by atomic mass is 9.92. The molecular weight excluding hydrogens is 256 g/mol. The minimum Gasteiger partial charge on any atom is -0.349 e. The number of nitrogens with one attached hydrogen (secondary N) is 2. The van der Waals surface area contributed by atoms with Crippen molar-refractivity contribution < 1.29 is 4.79 Å². The molecule has 2 rings (SSSR count). The summed E-state index contributed by atoms with van der Waals surface area (Å²) in [6.45, 7) is 9.42. The van der Waals surface area contributed by atoms with Gasteiger partial charge in [-0.15, -0.1) is 11.3 Å².